The number of halogens is 4. The number of nitrogens with zero attached hydrogens (tertiary/aromatic N) is 4. The first kappa shape index (κ1) is 25.9. The molecule has 4 heterocycles. The van der Waals surface area contributed by atoms with Crippen molar-refractivity contribution in [2.24, 2.45) is 0 Å². The maximum absolute atomic E-state index is 14.4. The van der Waals surface area contributed by atoms with Gasteiger partial charge in [-0.3, -0.25) is 25.0 Å². The lowest BCUT2D eigenvalue weighted by atomic mass is 10.00. The number of fused-ring (bicyclic) bond motifs is 3. The molecule has 0 atom stereocenters. The molecule has 0 amide bonds. The first-order valence-corrected chi connectivity index (χ1v) is 13.1. The molecule has 42 heavy (non-hydrogen) atoms. The zero-order valence-electron chi connectivity index (χ0n) is 21.8. The number of rotatable bonds is 5. The van der Waals surface area contributed by atoms with Crippen LogP contribution in [0.25, 0.3) is 33.2 Å². The third-order valence-corrected chi connectivity index (χ3v) is 7.42. The van der Waals surface area contributed by atoms with E-state index in [1.165, 1.54) is 24.3 Å². The summed E-state index contributed by atoms with van der Waals surface area (Å²) in [6.07, 6.45) is -4.41. The maximum Gasteiger partial charge on any atom is 0.417 e. The van der Waals surface area contributed by atoms with E-state index in [1.807, 2.05) is 30.3 Å². The fourth-order valence-electron chi connectivity index (χ4n) is 5.47. The van der Waals surface area contributed by atoms with Crippen LogP contribution in [0.5, 0.6) is 0 Å². The summed E-state index contributed by atoms with van der Waals surface area (Å²) in [7, 11) is 0. The molecule has 0 saturated heterocycles. The minimum absolute atomic E-state index is 0.0222. The van der Waals surface area contributed by atoms with Crippen LogP contribution in [0.4, 0.5) is 29.2 Å². The molecule has 4 N–H and O–H groups in total. The molecule has 9 nitrogen and oxygen atoms in total. The van der Waals surface area contributed by atoms with Crippen LogP contribution in [-0.2, 0) is 25.7 Å². The number of hydrogen-bond acceptors (Lipinski definition) is 6. The zero-order valence-corrected chi connectivity index (χ0v) is 21.8. The first-order chi connectivity index (χ1) is 20.2. The summed E-state index contributed by atoms with van der Waals surface area (Å²) in [4.78, 5) is 23.8. The Morgan fingerprint density at radius 2 is 1.76 bits per heavy atom. The highest BCUT2D eigenvalue weighted by atomic mass is 19.4. The van der Waals surface area contributed by atoms with E-state index in [0.717, 1.165) is 5.56 Å². The number of H-pyrrole nitrogens is 3. The molecule has 3 aromatic carbocycles. The highest BCUT2D eigenvalue weighted by Gasteiger charge is 2.38. The highest BCUT2D eigenvalue weighted by molar-refractivity contribution is 5.92. The van der Waals surface area contributed by atoms with Crippen LogP contribution in [0, 0.1) is 5.82 Å². The van der Waals surface area contributed by atoms with E-state index in [0.29, 0.717) is 48.2 Å². The van der Waals surface area contributed by atoms with E-state index in [4.69, 9.17) is 0 Å². The van der Waals surface area contributed by atoms with Crippen molar-refractivity contribution >= 4 is 33.4 Å². The normalized spacial score (nSPS) is 14.0. The fourth-order valence-corrected chi connectivity index (χ4v) is 5.47. The average molecular weight is 575 g/mol. The topological polar surface area (TPSA) is 118 Å². The van der Waals surface area contributed by atoms with Gasteiger partial charge >= 0.3 is 6.18 Å². The second-order valence-electron chi connectivity index (χ2n) is 10.1. The summed E-state index contributed by atoms with van der Waals surface area (Å²) in [5, 5.41) is 14.9. The van der Waals surface area contributed by atoms with Gasteiger partial charge in [-0.25, -0.2) is 14.4 Å². The molecule has 0 spiro atoms. The molecular formula is C29H22F4N8O. The van der Waals surface area contributed by atoms with Crippen LogP contribution in [0.15, 0.2) is 65.5 Å². The van der Waals surface area contributed by atoms with Crippen molar-refractivity contribution in [3.05, 3.63) is 99.2 Å². The van der Waals surface area contributed by atoms with Crippen molar-refractivity contribution in [3.8, 4) is 11.4 Å². The van der Waals surface area contributed by atoms with Crippen molar-refractivity contribution in [1.82, 2.24) is 35.3 Å². The number of aromatic amines is 3. The van der Waals surface area contributed by atoms with Gasteiger partial charge in [0.05, 0.1) is 27.7 Å². The van der Waals surface area contributed by atoms with Gasteiger partial charge in [-0.15, -0.1) is 0 Å². The third-order valence-electron chi connectivity index (χ3n) is 7.42. The van der Waals surface area contributed by atoms with Crippen molar-refractivity contribution < 1.29 is 17.6 Å². The van der Waals surface area contributed by atoms with Gasteiger partial charge in [-0.2, -0.15) is 18.3 Å². The predicted octanol–water partition coefficient (Wildman–Crippen LogP) is 5.65. The lowest BCUT2D eigenvalue weighted by molar-refractivity contribution is -0.135. The number of anilines is 2. The van der Waals surface area contributed by atoms with E-state index in [-0.39, 0.29) is 28.5 Å². The van der Waals surface area contributed by atoms with Gasteiger partial charge in [0.25, 0.3) is 5.56 Å². The van der Waals surface area contributed by atoms with Crippen LogP contribution in [-0.4, -0.2) is 41.8 Å². The molecule has 1 aliphatic heterocycles. The van der Waals surface area contributed by atoms with Crippen LogP contribution in [0.1, 0.15) is 22.4 Å². The van der Waals surface area contributed by atoms with Crippen LogP contribution < -0.4 is 10.9 Å². The Morgan fingerprint density at radius 3 is 2.57 bits per heavy atom. The summed E-state index contributed by atoms with van der Waals surface area (Å²) in [6, 6.07) is 16.7. The number of aromatic nitrogens is 6. The number of alkyl halides is 3. The van der Waals surface area contributed by atoms with Crippen molar-refractivity contribution in [3.63, 3.8) is 0 Å². The van der Waals surface area contributed by atoms with E-state index >= 15 is 0 Å². The molecule has 0 aliphatic carbocycles. The van der Waals surface area contributed by atoms with Gasteiger partial charge in [-0.1, -0.05) is 30.3 Å². The zero-order chi connectivity index (χ0) is 29.0. The number of hydrogen-bond donors (Lipinski definition) is 4. The molecule has 6 aromatic rings. The van der Waals surface area contributed by atoms with Crippen LogP contribution in [0.2, 0.25) is 0 Å². The minimum Gasteiger partial charge on any atom is -0.323 e. The Hall–Kier alpha value is -5.04. The molecule has 13 heteroatoms. The quantitative estimate of drug-likeness (QED) is 0.198. The molecule has 212 valence electrons. The van der Waals surface area contributed by atoms with E-state index in [2.05, 4.69) is 40.6 Å². The van der Waals surface area contributed by atoms with Gasteiger partial charge in [0, 0.05) is 42.6 Å². The Kier molecular flexibility index (Phi) is 6.04. The summed E-state index contributed by atoms with van der Waals surface area (Å²) >= 11 is 0. The Bertz CT molecular complexity index is 2010. The summed E-state index contributed by atoms with van der Waals surface area (Å²) in [5.41, 5.74) is 0.645. The van der Waals surface area contributed by atoms with Crippen molar-refractivity contribution in [2.45, 2.75) is 25.7 Å². The largest absolute Gasteiger partial charge is 0.417 e. The van der Waals surface area contributed by atoms with E-state index in [9.17, 15) is 22.4 Å². The van der Waals surface area contributed by atoms with Gasteiger partial charge in [-0.05, 0) is 35.9 Å². The second-order valence-corrected chi connectivity index (χ2v) is 10.1. The van der Waals surface area contributed by atoms with Crippen LogP contribution in [0.3, 0.4) is 0 Å². The third kappa shape index (κ3) is 4.57. The molecule has 0 radical (unpaired) electrons. The van der Waals surface area contributed by atoms with Gasteiger partial charge in [0.1, 0.15) is 11.6 Å². The summed E-state index contributed by atoms with van der Waals surface area (Å²) in [5.74, 6) is -0.133. The fraction of sp³-hybridized carbons (Fsp3) is 0.172. The van der Waals surface area contributed by atoms with Gasteiger partial charge < -0.3 is 5.32 Å². The maximum atomic E-state index is 14.4. The SMILES string of the molecule is O=c1[nH][nH]c2ccc(-c3nc4c(c(Nc5n[nH]c6ccc(F)cc56)n3)CN(Cc3ccccc3)CC4)c(C(F)(F)F)c12. The lowest BCUT2D eigenvalue weighted by Crippen LogP contribution is -2.31. The predicted molar refractivity (Wildman–Crippen MR) is 149 cm³/mol. The molecule has 7 rings (SSSR count). The molecule has 0 fully saturated rings. The molecule has 1 aliphatic rings. The van der Waals surface area contributed by atoms with E-state index < -0.39 is 28.5 Å². The van der Waals surface area contributed by atoms with Crippen LogP contribution >= 0.6 is 0 Å². The monoisotopic (exact) mass is 574 g/mol. The average Bonchev–Trinajstić information content (AvgIpc) is 3.55. The molecule has 3 aromatic heterocycles. The van der Waals surface area contributed by atoms with Gasteiger partial charge in [0.15, 0.2) is 11.6 Å². The second kappa shape index (κ2) is 9.80. The Morgan fingerprint density at radius 1 is 0.952 bits per heavy atom. The summed E-state index contributed by atoms with van der Waals surface area (Å²) < 4.78 is 57.4. The minimum atomic E-state index is -4.86. The first-order valence-electron chi connectivity index (χ1n) is 13.1. The molecular weight excluding hydrogens is 552 g/mol. The van der Waals surface area contributed by atoms with Gasteiger partial charge in [0.2, 0.25) is 0 Å². The number of benzene rings is 3. The Labute approximate surface area is 234 Å². The standard InChI is InChI=1S/C29H22F4N8O/c30-16-6-8-21-18(12-16)27(39-37-21)36-26-19-14-41(13-15-4-2-1-3-5-15)11-10-20(19)34-25(35-26)17-7-9-22-23(28(42)40-38-22)24(17)29(31,32)33/h1-9,12H,10-11,13-14H2,(H2,38,40,42)(H2,34,35,36,37,39). The molecule has 0 saturated carbocycles. The number of nitrogens with one attached hydrogen (secondary N) is 4. The molecule has 0 unspecified atom stereocenters. The summed E-state index contributed by atoms with van der Waals surface area (Å²) in [6.45, 7) is 1.70. The Balaban J connectivity index is 1.38. The van der Waals surface area contributed by atoms with Crippen molar-refractivity contribution in [1.29, 1.82) is 0 Å². The highest BCUT2D eigenvalue weighted by Crippen LogP contribution is 2.41. The van der Waals surface area contributed by atoms with E-state index in [1.54, 1.807) is 6.07 Å². The van der Waals surface area contributed by atoms with Crippen molar-refractivity contribution in [2.75, 3.05) is 11.9 Å². The lowest BCUT2D eigenvalue weighted by Gasteiger charge is -2.30. The molecule has 0 bridgehead atoms. The smallest absolute Gasteiger partial charge is 0.323 e.